The molecule has 0 radical (unpaired) electrons. The van der Waals surface area contributed by atoms with Gasteiger partial charge in [-0.25, -0.2) is 39.9 Å². The molecule has 0 spiro atoms. The standard InChI is InChI=1S/C42H28N2.2C35H23N3/c1-4-14-29(15-5-1)33-24-34(30-16-6-2-7-17-30)26-35(25-33)40-28-41(44-42(43-40)31-18-8-3-9-19-31)39-27-32-20-10-11-21-36(32)37-22-12-13-23-38(37)39;1-3-12-24(13-4-1)28-18-9-10-20-30(28)34-36-33(27-15-5-2-6-16-27)37-35(38-34)31-21-11-17-26-23-22-25-14-7-8-19-29(25)32(26)31;1-3-9-24(10-4-1)25-15-17-27(18-16-25)34-36-33(26-11-5-2-6-12-26)37-35(38-34)31-20-19-30-21-28-13-7-8-14-29(28)22-32(30)23-31/h1-28H;2*1-23H. The highest BCUT2D eigenvalue weighted by molar-refractivity contribution is 6.15. The van der Waals surface area contributed by atoms with Crippen molar-refractivity contribution >= 4 is 64.6 Å². The van der Waals surface area contributed by atoms with Crippen molar-refractivity contribution in [1.82, 2.24) is 39.9 Å². The third-order valence-electron chi connectivity index (χ3n) is 22.1. The van der Waals surface area contributed by atoms with Crippen LogP contribution in [0.2, 0.25) is 0 Å². The van der Waals surface area contributed by atoms with Crippen LogP contribution < -0.4 is 0 Å². The van der Waals surface area contributed by atoms with Crippen molar-refractivity contribution in [3.8, 4) is 147 Å². The van der Waals surface area contributed by atoms with Crippen LogP contribution >= 0.6 is 0 Å². The molecule has 0 aliphatic rings. The maximum absolute atomic E-state index is 5.21. The summed E-state index contributed by atoms with van der Waals surface area (Å²) < 4.78 is 0. The van der Waals surface area contributed by atoms with E-state index >= 15 is 0 Å². The molecule has 0 amide bonds. The van der Waals surface area contributed by atoms with Crippen molar-refractivity contribution in [2.24, 2.45) is 0 Å². The molecule has 22 rings (SSSR count). The lowest BCUT2D eigenvalue weighted by molar-refractivity contribution is 1.07. The highest BCUT2D eigenvalue weighted by atomic mass is 15.0. The Morgan fingerprint density at radius 2 is 0.450 bits per heavy atom. The molecule has 0 saturated heterocycles. The topological polar surface area (TPSA) is 103 Å². The fourth-order valence-electron chi connectivity index (χ4n) is 16.1. The van der Waals surface area contributed by atoms with E-state index in [1.807, 2.05) is 97.1 Å². The molecule has 0 aliphatic heterocycles. The van der Waals surface area contributed by atoms with Crippen molar-refractivity contribution in [2.75, 3.05) is 0 Å². The van der Waals surface area contributed by atoms with Crippen LogP contribution in [0.4, 0.5) is 0 Å². The van der Waals surface area contributed by atoms with Gasteiger partial charge in [0.25, 0.3) is 0 Å². The zero-order valence-corrected chi connectivity index (χ0v) is 65.3. The van der Waals surface area contributed by atoms with E-state index in [-0.39, 0.29) is 0 Å². The van der Waals surface area contributed by atoms with Gasteiger partial charge in [0.05, 0.1) is 11.4 Å². The van der Waals surface area contributed by atoms with Crippen molar-refractivity contribution in [2.45, 2.75) is 0 Å². The highest BCUT2D eigenvalue weighted by Gasteiger charge is 2.21. The summed E-state index contributed by atoms with van der Waals surface area (Å²) in [5.41, 5.74) is 20.0. The molecule has 0 fully saturated rings. The zero-order chi connectivity index (χ0) is 79.9. The SMILES string of the molecule is c1ccc(-c2cc(-c3ccccc3)cc(-c3cc(-c4cc5ccccc5c5ccccc45)nc(-c4ccccc4)n3)c2)cc1.c1ccc(-c2ccc(-c3nc(-c4ccccc4)nc(-c4ccc5cc6ccccc6cc5c4)n3)cc2)cc1.c1ccc(-c2nc(-c3ccccc3-c3ccccc3)nc(-c3cccc4ccc5ccccc5c34)n2)cc1. The van der Waals surface area contributed by atoms with E-state index in [9.17, 15) is 0 Å². The molecule has 0 atom stereocenters. The first-order valence-electron chi connectivity index (χ1n) is 40.3. The van der Waals surface area contributed by atoms with Crippen LogP contribution in [0.3, 0.4) is 0 Å². The highest BCUT2D eigenvalue weighted by Crippen LogP contribution is 2.42. The van der Waals surface area contributed by atoms with Crippen LogP contribution in [-0.2, 0) is 0 Å². The summed E-state index contributed by atoms with van der Waals surface area (Å²) in [5.74, 6) is 4.68. The molecule has 0 N–H and O–H groups in total. The van der Waals surface area contributed by atoms with E-state index in [4.69, 9.17) is 39.9 Å². The summed E-state index contributed by atoms with van der Waals surface area (Å²) in [7, 11) is 0. The lowest BCUT2D eigenvalue weighted by atomic mass is 9.93. The number of aromatic nitrogens is 8. The zero-order valence-electron chi connectivity index (χ0n) is 65.3. The minimum Gasteiger partial charge on any atom is -0.228 e. The molecule has 0 bridgehead atoms. The van der Waals surface area contributed by atoms with Gasteiger partial charge in [-0.15, -0.1) is 0 Å². The summed E-state index contributed by atoms with van der Waals surface area (Å²) >= 11 is 0. The van der Waals surface area contributed by atoms with Gasteiger partial charge in [0.1, 0.15) is 0 Å². The van der Waals surface area contributed by atoms with Crippen molar-refractivity contribution in [3.63, 3.8) is 0 Å². The molecule has 120 heavy (non-hydrogen) atoms. The van der Waals surface area contributed by atoms with Crippen molar-refractivity contribution < 1.29 is 0 Å². The molecule has 19 aromatic carbocycles. The maximum Gasteiger partial charge on any atom is 0.164 e. The number of benzene rings is 19. The lowest BCUT2D eigenvalue weighted by Crippen LogP contribution is -2.01. The predicted octanol–water partition coefficient (Wildman–Crippen LogP) is 28.8. The first-order valence-corrected chi connectivity index (χ1v) is 40.3. The monoisotopic (exact) mass is 1530 g/mol. The van der Waals surface area contributed by atoms with Gasteiger partial charge in [-0.2, -0.15) is 0 Å². The van der Waals surface area contributed by atoms with Crippen molar-refractivity contribution in [1.29, 1.82) is 0 Å². The second-order valence-electron chi connectivity index (χ2n) is 29.7. The fraction of sp³-hybridized carbons (Fsp3) is 0. The Morgan fingerprint density at radius 3 is 1.02 bits per heavy atom. The van der Waals surface area contributed by atoms with E-state index in [1.54, 1.807) is 0 Å². The lowest BCUT2D eigenvalue weighted by Gasteiger charge is -2.15. The summed E-state index contributed by atoms with van der Waals surface area (Å²) in [6.45, 7) is 0. The second kappa shape index (κ2) is 33.0. The van der Waals surface area contributed by atoms with Gasteiger partial charge in [0, 0.05) is 55.5 Å². The van der Waals surface area contributed by atoms with Gasteiger partial charge in [0.15, 0.2) is 40.8 Å². The Bertz CT molecular complexity index is 7430. The molecule has 22 aromatic rings. The summed E-state index contributed by atoms with van der Waals surface area (Å²) in [4.78, 5) is 40.3. The minimum atomic E-state index is 0.658. The molecule has 8 heteroatoms. The minimum absolute atomic E-state index is 0.658. The van der Waals surface area contributed by atoms with Crippen molar-refractivity contribution in [3.05, 3.63) is 449 Å². The van der Waals surface area contributed by atoms with Gasteiger partial charge in [-0.3, -0.25) is 0 Å². The van der Waals surface area contributed by atoms with Crippen LogP contribution in [0.25, 0.3) is 211 Å². The third kappa shape index (κ3) is 15.2. The largest absolute Gasteiger partial charge is 0.228 e. The first-order chi connectivity index (χ1) is 59.4. The predicted molar refractivity (Wildman–Crippen MR) is 497 cm³/mol. The summed E-state index contributed by atoms with van der Waals surface area (Å²) in [6, 6.07) is 156. The molecule has 562 valence electrons. The Kier molecular flexibility index (Phi) is 20.0. The maximum atomic E-state index is 5.21. The molecule has 0 saturated carbocycles. The van der Waals surface area contributed by atoms with E-state index in [2.05, 4.69) is 352 Å². The number of hydrogen-bond donors (Lipinski definition) is 0. The third-order valence-corrected chi connectivity index (χ3v) is 22.1. The number of rotatable bonds is 13. The van der Waals surface area contributed by atoms with Gasteiger partial charge in [0.2, 0.25) is 0 Å². The first kappa shape index (κ1) is 72.8. The van der Waals surface area contributed by atoms with Crippen LogP contribution in [0.5, 0.6) is 0 Å². The quantitative estimate of drug-likeness (QED) is 0.0831. The molecule has 0 aliphatic carbocycles. The normalized spacial score (nSPS) is 11.2. The van der Waals surface area contributed by atoms with Gasteiger partial charge < -0.3 is 0 Å². The Morgan fingerprint density at radius 1 is 0.117 bits per heavy atom. The van der Waals surface area contributed by atoms with E-state index < -0.39 is 0 Å². The number of nitrogens with zero attached hydrogens (tertiary/aromatic N) is 8. The van der Waals surface area contributed by atoms with Crippen LogP contribution in [0.15, 0.2) is 449 Å². The molecule has 8 nitrogen and oxygen atoms in total. The van der Waals surface area contributed by atoms with Gasteiger partial charge >= 0.3 is 0 Å². The fourth-order valence-corrected chi connectivity index (χ4v) is 16.1. The van der Waals surface area contributed by atoms with Crippen LogP contribution in [-0.4, -0.2) is 39.9 Å². The Hall–Kier alpha value is -16.2. The van der Waals surface area contributed by atoms with Gasteiger partial charge in [-0.1, -0.05) is 400 Å². The van der Waals surface area contributed by atoms with E-state index in [0.29, 0.717) is 40.8 Å². The average Bonchev–Trinajstić information content (AvgIpc) is 0.761. The molecular weight excluding hydrogens is 1460 g/mol. The Labute approximate surface area is 695 Å². The Balaban J connectivity index is 0.000000115. The van der Waals surface area contributed by atoms with Gasteiger partial charge in [-0.05, 0) is 152 Å². The number of hydrogen-bond acceptors (Lipinski definition) is 8. The molecule has 3 aromatic heterocycles. The second-order valence-corrected chi connectivity index (χ2v) is 29.7. The van der Waals surface area contributed by atoms with Crippen LogP contribution in [0, 0.1) is 0 Å². The molecule has 3 heterocycles. The molecule has 0 unspecified atom stereocenters. The van der Waals surface area contributed by atoms with Crippen LogP contribution in [0.1, 0.15) is 0 Å². The molecular formula is C112H74N8. The summed E-state index contributed by atoms with van der Waals surface area (Å²) in [5, 5.41) is 14.3. The smallest absolute Gasteiger partial charge is 0.164 e. The summed E-state index contributed by atoms with van der Waals surface area (Å²) in [6.07, 6.45) is 0. The van der Waals surface area contributed by atoms with E-state index in [0.717, 1.165) is 105 Å². The number of fused-ring (bicyclic) bond motifs is 8. The average molecular weight is 1530 g/mol. The van der Waals surface area contributed by atoms with E-state index in [1.165, 1.54) is 65.2 Å².